The van der Waals surface area contributed by atoms with Crippen LogP contribution in [0.4, 0.5) is 5.69 Å². The number of nitriles is 1. The highest BCUT2D eigenvalue weighted by Crippen LogP contribution is 2.37. The van der Waals surface area contributed by atoms with Crippen LogP contribution in [0.1, 0.15) is 17.2 Å². The molecule has 7 heteroatoms. The highest BCUT2D eigenvalue weighted by atomic mass is 32.2. The zero-order chi connectivity index (χ0) is 20.2. The smallest absolute Gasteiger partial charge is 0.234 e. The average Bonchev–Trinajstić information content (AvgIpc) is 3.27. The van der Waals surface area contributed by atoms with Crippen molar-refractivity contribution in [2.24, 2.45) is 0 Å². The van der Waals surface area contributed by atoms with Gasteiger partial charge >= 0.3 is 0 Å². The van der Waals surface area contributed by atoms with Gasteiger partial charge < -0.3 is 10.6 Å². The van der Waals surface area contributed by atoms with E-state index in [1.54, 1.807) is 0 Å². The van der Waals surface area contributed by atoms with Gasteiger partial charge in [-0.3, -0.25) is 9.59 Å². The Hall–Kier alpha value is -3.08. The quantitative estimate of drug-likeness (QED) is 0.633. The van der Waals surface area contributed by atoms with Crippen molar-refractivity contribution in [1.29, 1.82) is 5.26 Å². The molecule has 5 nitrogen and oxygen atoms in total. The molecule has 0 fully saturated rings. The van der Waals surface area contributed by atoms with Gasteiger partial charge in [-0.05, 0) is 22.9 Å². The van der Waals surface area contributed by atoms with E-state index in [1.807, 2.05) is 60.0 Å². The van der Waals surface area contributed by atoms with Crippen molar-refractivity contribution < 1.29 is 9.59 Å². The summed E-state index contributed by atoms with van der Waals surface area (Å²) in [4.78, 5) is 25.7. The Morgan fingerprint density at radius 1 is 1.21 bits per heavy atom. The minimum Gasteiger partial charge on any atom is -0.325 e. The van der Waals surface area contributed by atoms with E-state index in [1.165, 1.54) is 23.1 Å². The third-order valence-electron chi connectivity index (χ3n) is 4.65. The minimum absolute atomic E-state index is 0.0984. The molecule has 0 saturated heterocycles. The number of nitrogens with zero attached hydrogens (tertiary/aromatic N) is 1. The van der Waals surface area contributed by atoms with Crippen LogP contribution in [-0.4, -0.2) is 17.6 Å². The number of fused-ring (bicyclic) bond motifs is 1. The van der Waals surface area contributed by atoms with Crippen LogP contribution in [-0.2, 0) is 9.59 Å². The van der Waals surface area contributed by atoms with Crippen molar-refractivity contribution in [2.45, 2.75) is 12.3 Å². The first-order valence-electron chi connectivity index (χ1n) is 9.03. The molecule has 2 amide bonds. The molecular formula is C22H17N3O2S2. The van der Waals surface area contributed by atoms with Gasteiger partial charge in [0.25, 0.3) is 0 Å². The molecule has 0 aliphatic carbocycles. The predicted octanol–water partition coefficient (Wildman–Crippen LogP) is 4.61. The Labute approximate surface area is 176 Å². The summed E-state index contributed by atoms with van der Waals surface area (Å²) >= 11 is 2.71. The topological polar surface area (TPSA) is 82.0 Å². The van der Waals surface area contributed by atoms with Gasteiger partial charge in [-0.1, -0.05) is 54.2 Å². The highest BCUT2D eigenvalue weighted by Gasteiger charge is 2.30. The number of anilines is 1. The summed E-state index contributed by atoms with van der Waals surface area (Å²) in [5.74, 6) is -0.485. The van der Waals surface area contributed by atoms with E-state index >= 15 is 0 Å². The highest BCUT2D eigenvalue weighted by molar-refractivity contribution is 8.03. The Bertz CT molecular complexity index is 1140. The van der Waals surface area contributed by atoms with Gasteiger partial charge in [0.2, 0.25) is 11.8 Å². The van der Waals surface area contributed by atoms with Gasteiger partial charge in [0.1, 0.15) is 0 Å². The van der Waals surface area contributed by atoms with Crippen molar-refractivity contribution in [2.75, 3.05) is 11.1 Å². The summed E-state index contributed by atoms with van der Waals surface area (Å²) in [6, 6.07) is 19.7. The Morgan fingerprint density at radius 2 is 2.03 bits per heavy atom. The number of carbonyl (C=O) groups is 2. The predicted molar refractivity (Wildman–Crippen MR) is 117 cm³/mol. The minimum atomic E-state index is -0.252. The second-order valence-corrected chi connectivity index (χ2v) is 8.50. The fourth-order valence-corrected chi connectivity index (χ4v) is 5.04. The monoisotopic (exact) mass is 419 g/mol. The van der Waals surface area contributed by atoms with E-state index in [9.17, 15) is 14.9 Å². The number of benzene rings is 2. The molecule has 2 heterocycles. The van der Waals surface area contributed by atoms with Crippen LogP contribution in [0.15, 0.2) is 70.6 Å². The third-order valence-corrected chi connectivity index (χ3v) is 6.66. The van der Waals surface area contributed by atoms with E-state index in [0.29, 0.717) is 10.6 Å². The van der Waals surface area contributed by atoms with Gasteiger partial charge in [-0.15, -0.1) is 11.3 Å². The van der Waals surface area contributed by atoms with Gasteiger partial charge in [0.15, 0.2) is 0 Å². The summed E-state index contributed by atoms with van der Waals surface area (Å²) in [6.07, 6.45) is 0.246. The molecule has 0 saturated carbocycles. The number of thioether (sulfide) groups is 1. The Kier molecular flexibility index (Phi) is 5.65. The van der Waals surface area contributed by atoms with Crippen molar-refractivity contribution in [3.8, 4) is 6.07 Å². The van der Waals surface area contributed by atoms with Crippen molar-refractivity contribution in [3.63, 3.8) is 0 Å². The summed E-state index contributed by atoms with van der Waals surface area (Å²) in [7, 11) is 0. The third kappa shape index (κ3) is 4.19. The first-order valence-corrected chi connectivity index (χ1v) is 10.9. The van der Waals surface area contributed by atoms with Gasteiger partial charge in [0, 0.05) is 28.3 Å². The molecule has 1 aliphatic rings. The maximum absolute atomic E-state index is 12.5. The van der Waals surface area contributed by atoms with Gasteiger partial charge in [0.05, 0.1) is 22.4 Å². The lowest BCUT2D eigenvalue weighted by atomic mass is 9.93. The molecule has 3 aromatic rings. The summed E-state index contributed by atoms with van der Waals surface area (Å²) in [5.41, 5.74) is 1.25. The second kappa shape index (κ2) is 8.52. The maximum Gasteiger partial charge on any atom is 0.234 e. The van der Waals surface area contributed by atoms with Crippen molar-refractivity contribution in [3.05, 3.63) is 75.5 Å². The van der Waals surface area contributed by atoms with Crippen LogP contribution in [0.3, 0.4) is 0 Å². The number of amides is 2. The first-order chi connectivity index (χ1) is 14.2. The summed E-state index contributed by atoms with van der Waals surface area (Å²) < 4.78 is 0. The lowest BCUT2D eigenvalue weighted by molar-refractivity contribution is -0.121. The molecule has 0 radical (unpaired) electrons. The molecule has 1 atom stereocenters. The van der Waals surface area contributed by atoms with E-state index in [4.69, 9.17) is 0 Å². The molecule has 144 valence electrons. The Balaban J connectivity index is 1.50. The molecule has 4 rings (SSSR count). The number of hydrogen-bond donors (Lipinski definition) is 2. The standard InChI is InChI=1S/C22H17N3O2S2/c23-12-17-16(19-9-4-10-28-19)11-20(26)25-22(17)29-13-21(27)24-18-8-3-6-14-5-1-2-7-15(14)18/h1-10,16H,11,13H2,(H,24,27)(H,25,26). The Morgan fingerprint density at radius 3 is 2.83 bits per heavy atom. The number of thiophene rings is 1. The van der Waals surface area contributed by atoms with E-state index in [2.05, 4.69) is 16.7 Å². The summed E-state index contributed by atoms with van der Waals surface area (Å²) in [5, 5.41) is 19.8. The number of carbonyl (C=O) groups excluding carboxylic acids is 2. The molecule has 2 aromatic carbocycles. The largest absolute Gasteiger partial charge is 0.325 e. The molecule has 1 aliphatic heterocycles. The molecular weight excluding hydrogens is 402 g/mol. The zero-order valence-electron chi connectivity index (χ0n) is 15.3. The van der Waals surface area contributed by atoms with Crippen LogP contribution in [0.5, 0.6) is 0 Å². The molecule has 0 spiro atoms. The lowest BCUT2D eigenvalue weighted by Crippen LogP contribution is -2.31. The second-order valence-electron chi connectivity index (χ2n) is 6.54. The maximum atomic E-state index is 12.5. The number of rotatable bonds is 5. The normalized spacial score (nSPS) is 16.4. The van der Waals surface area contributed by atoms with Gasteiger partial charge in [-0.2, -0.15) is 5.26 Å². The van der Waals surface area contributed by atoms with Gasteiger partial charge in [-0.25, -0.2) is 0 Å². The average molecular weight is 420 g/mol. The van der Waals surface area contributed by atoms with Crippen molar-refractivity contribution >= 4 is 51.4 Å². The lowest BCUT2D eigenvalue weighted by Gasteiger charge is -2.23. The molecule has 2 N–H and O–H groups in total. The van der Waals surface area contributed by atoms with Crippen LogP contribution in [0, 0.1) is 11.3 Å². The number of nitrogens with one attached hydrogen (secondary N) is 2. The summed E-state index contributed by atoms with van der Waals surface area (Å²) in [6.45, 7) is 0. The van der Waals surface area contributed by atoms with E-state index in [-0.39, 0.29) is 29.9 Å². The molecule has 29 heavy (non-hydrogen) atoms. The van der Waals surface area contributed by atoms with Crippen LogP contribution < -0.4 is 10.6 Å². The van der Waals surface area contributed by atoms with E-state index < -0.39 is 0 Å². The SMILES string of the molecule is N#CC1=C(SCC(=O)Nc2cccc3ccccc23)NC(=O)CC1c1cccs1. The van der Waals surface area contributed by atoms with Crippen LogP contribution in [0.25, 0.3) is 10.8 Å². The zero-order valence-corrected chi connectivity index (χ0v) is 17.0. The molecule has 1 unspecified atom stereocenters. The number of hydrogen-bond acceptors (Lipinski definition) is 5. The van der Waals surface area contributed by atoms with Crippen LogP contribution in [0.2, 0.25) is 0 Å². The fraction of sp³-hybridized carbons (Fsp3) is 0.136. The van der Waals surface area contributed by atoms with E-state index in [0.717, 1.165) is 21.3 Å². The molecule has 0 bridgehead atoms. The molecule has 1 aromatic heterocycles. The fourth-order valence-electron chi connectivity index (χ4n) is 3.32. The van der Waals surface area contributed by atoms with Crippen LogP contribution >= 0.6 is 23.1 Å². The number of allylic oxidation sites excluding steroid dienone is 1. The van der Waals surface area contributed by atoms with Crippen molar-refractivity contribution in [1.82, 2.24) is 5.32 Å². The first kappa shape index (κ1) is 19.2.